The second kappa shape index (κ2) is 5.01. The number of nitrogens with one attached hydrogen (secondary N) is 1. The number of carboxylic acids is 1. The highest BCUT2D eigenvalue weighted by molar-refractivity contribution is 6.34. The largest absolute Gasteiger partial charge is 0.477 e. The van der Waals surface area contributed by atoms with E-state index in [1.807, 2.05) is 5.43 Å². The zero-order valence-corrected chi connectivity index (χ0v) is 8.40. The van der Waals surface area contributed by atoms with Crippen LogP contribution in [0.4, 0.5) is 4.39 Å². The third-order valence-electron chi connectivity index (χ3n) is 1.72. The van der Waals surface area contributed by atoms with Gasteiger partial charge in [0.2, 0.25) is 0 Å². The van der Waals surface area contributed by atoms with E-state index in [-0.39, 0.29) is 11.3 Å². The zero-order valence-electron chi connectivity index (χ0n) is 8.40. The van der Waals surface area contributed by atoms with Crippen molar-refractivity contribution in [3.8, 4) is 0 Å². The van der Waals surface area contributed by atoms with E-state index in [9.17, 15) is 14.0 Å². The minimum atomic E-state index is -1.24. The molecule has 5 nitrogen and oxygen atoms in total. The van der Waals surface area contributed by atoms with Gasteiger partial charge in [-0.15, -0.1) is 0 Å². The number of carbonyl (C=O) groups excluding carboxylic acids is 1. The Labute approximate surface area is 90.6 Å². The van der Waals surface area contributed by atoms with Crippen molar-refractivity contribution in [2.45, 2.75) is 6.92 Å². The van der Waals surface area contributed by atoms with Crippen molar-refractivity contribution >= 4 is 17.6 Å². The first-order chi connectivity index (χ1) is 7.50. The molecule has 0 saturated heterocycles. The summed E-state index contributed by atoms with van der Waals surface area (Å²) in [7, 11) is 0. The summed E-state index contributed by atoms with van der Waals surface area (Å²) >= 11 is 0. The minimum Gasteiger partial charge on any atom is -0.477 e. The highest BCUT2D eigenvalue weighted by Gasteiger charge is 2.07. The predicted octanol–water partition coefficient (Wildman–Crippen LogP) is 1.02. The Morgan fingerprint density at radius 3 is 2.69 bits per heavy atom. The molecule has 0 heterocycles. The molecule has 0 aliphatic carbocycles. The van der Waals surface area contributed by atoms with E-state index >= 15 is 0 Å². The SMILES string of the molecule is C/C(=N\NC(=O)c1cccc(F)c1)C(=O)O. The summed E-state index contributed by atoms with van der Waals surface area (Å²) in [4.78, 5) is 21.7. The summed E-state index contributed by atoms with van der Waals surface area (Å²) < 4.78 is 12.7. The Balaban J connectivity index is 2.74. The highest BCUT2D eigenvalue weighted by Crippen LogP contribution is 2.02. The molecule has 84 valence electrons. The summed E-state index contributed by atoms with van der Waals surface area (Å²) in [5, 5.41) is 11.8. The molecule has 0 fully saturated rings. The number of rotatable bonds is 3. The standard InChI is InChI=1S/C10H9FN2O3/c1-6(10(15)16)12-13-9(14)7-3-2-4-8(11)5-7/h2-5H,1H3,(H,13,14)(H,15,16)/b12-6+. The quantitative estimate of drug-likeness (QED) is 0.594. The lowest BCUT2D eigenvalue weighted by molar-refractivity contribution is -0.129. The number of benzene rings is 1. The molecule has 1 aromatic rings. The molecule has 2 N–H and O–H groups in total. The zero-order chi connectivity index (χ0) is 12.1. The summed E-state index contributed by atoms with van der Waals surface area (Å²) in [6, 6.07) is 4.99. The first-order valence-electron chi connectivity index (χ1n) is 4.34. The van der Waals surface area contributed by atoms with Crippen molar-refractivity contribution in [2.75, 3.05) is 0 Å². The van der Waals surface area contributed by atoms with Crippen LogP contribution in [0.2, 0.25) is 0 Å². The molecule has 0 aromatic heterocycles. The molecule has 0 aliphatic heterocycles. The Morgan fingerprint density at radius 1 is 1.44 bits per heavy atom. The topological polar surface area (TPSA) is 78.8 Å². The van der Waals surface area contributed by atoms with Crippen LogP contribution in [0.1, 0.15) is 17.3 Å². The van der Waals surface area contributed by atoms with Crippen molar-refractivity contribution < 1.29 is 19.1 Å². The molecule has 1 aromatic carbocycles. The molecule has 0 atom stereocenters. The van der Waals surface area contributed by atoms with Gasteiger partial charge in [0.15, 0.2) is 0 Å². The van der Waals surface area contributed by atoms with Crippen molar-refractivity contribution in [1.29, 1.82) is 0 Å². The monoisotopic (exact) mass is 224 g/mol. The van der Waals surface area contributed by atoms with Crippen LogP contribution in [0.3, 0.4) is 0 Å². The molecule has 0 spiro atoms. The van der Waals surface area contributed by atoms with Crippen LogP contribution in [0.5, 0.6) is 0 Å². The van der Waals surface area contributed by atoms with E-state index in [2.05, 4.69) is 5.10 Å². The number of hydrogen-bond acceptors (Lipinski definition) is 3. The maximum Gasteiger partial charge on any atom is 0.351 e. The van der Waals surface area contributed by atoms with E-state index in [4.69, 9.17) is 5.11 Å². The van der Waals surface area contributed by atoms with E-state index in [0.717, 1.165) is 6.07 Å². The van der Waals surface area contributed by atoms with Crippen LogP contribution in [0.25, 0.3) is 0 Å². The van der Waals surface area contributed by atoms with E-state index in [1.165, 1.54) is 25.1 Å². The average Bonchev–Trinajstić information content (AvgIpc) is 2.25. The lowest BCUT2D eigenvalue weighted by Crippen LogP contribution is -2.21. The Bertz CT molecular complexity index is 457. The predicted molar refractivity (Wildman–Crippen MR) is 54.6 cm³/mol. The molecule has 1 amide bonds. The lowest BCUT2D eigenvalue weighted by Gasteiger charge is -2.00. The van der Waals surface area contributed by atoms with Crippen LogP contribution in [0.15, 0.2) is 29.4 Å². The first-order valence-corrected chi connectivity index (χ1v) is 4.34. The van der Waals surface area contributed by atoms with Gasteiger partial charge in [0.1, 0.15) is 11.5 Å². The molecular weight excluding hydrogens is 215 g/mol. The number of carbonyl (C=O) groups is 2. The smallest absolute Gasteiger partial charge is 0.351 e. The summed E-state index contributed by atoms with van der Waals surface area (Å²) in [6.07, 6.45) is 0. The van der Waals surface area contributed by atoms with Gasteiger partial charge in [0.05, 0.1) is 0 Å². The maximum absolute atomic E-state index is 12.7. The molecular formula is C10H9FN2O3. The van der Waals surface area contributed by atoms with Crippen molar-refractivity contribution in [2.24, 2.45) is 5.10 Å². The fourth-order valence-corrected chi connectivity index (χ4v) is 0.877. The van der Waals surface area contributed by atoms with Gasteiger partial charge in [0, 0.05) is 5.56 Å². The molecule has 0 bridgehead atoms. The van der Waals surface area contributed by atoms with E-state index < -0.39 is 17.7 Å². The first kappa shape index (κ1) is 11.8. The molecule has 6 heteroatoms. The Kier molecular flexibility index (Phi) is 3.71. The third-order valence-corrected chi connectivity index (χ3v) is 1.72. The summed E-state index contributed by atoms with van der Waals surface area (Å²) in [5.74, 6) is -2.45. The van der Waals surface area contributed by atoms with Crippen LogP contribution in [-0.4, -0.2) is 22.7 Å². The van der Waals surface area contributed by atoms with Gasteiger partial charge in [-0.25, -0.2) is 14.6 Å². The molecule has 1 rings (SSSR count). The van der Waals surface area contributed by atoms with E-state index in [1.54, 1.807) is 0 Å². The second-order valence-electron chi connectivity index (χ2n) is 2.95. The lowest BCUT2D eigenvalue weighted by atomic mass is 10.2. The summed E-state index contributed by atoms with van der Waals surface area (Å²) in [6.45, 7) is 1.23. The Morgan fingerprint density at radius 2 is 2.12 bits per heavy atom. The normalized spacial score (nSPS) is 11.0. The van der Waals surface area contributed by atoms with Crippen molar-refractivity contribution in [3.05, 3.63) is 35.6 Å². The average molecular weight is 224 g/mol. The molecule has 0 saturated carbocycles. The molecule has 0 radical (unpaired) electrons. The van der Waals surface area contributed by atoms with Crippen LogP contribution < -0.4 is 5.43 Å². The van der Waals surface area contributed by atoms with Gasteiger partial charge in [-0.2, -0.15) is 5.10 Å². The van der Waals surface area contributed by atoms with Gasteiger partial charge in [0.25, 0.3) is 5.91 Å². The van der Waals surface area contributed by atoms with E-state index in [0.29, 0.717) is 0 Å². The maximum atomic E-state index is 12.7. The molecule has 16 heavy (non-hydrogen) atoms. The van der Waals surface area contributed by atoms with Crippen LogP contribution in [0, 0.1) is 5.82 Å². The summed E-state index contributed by atoms with van der Waals surface area (Å²) in [5.41, 5.74) is 1.82. The third kappa shape index (κ3) is 3.16. The van der Waals surface area contributed by atoms with Gasteiger partial charge < -0.3 is 5.11 Å². The second-order valence-corrected chi connectivity index (χ2v) is 2.95. The number of aliphatic carboxylic acids is 1. The fraction of sp³-hybridized carbons (Fsp3) is 0.100. The van der Waals surface area contributed by atoms with Crippen LogP contribution in [-0.2, 0) is 4.79 Å². The van der Waals surface area contributed by atoms with Gasteiger partial charge >= 0.3 is 5.97 Å². The molecule has 0 aliphatic rings. The van der Waals surface area contributed by atoms with Gasteiger partial charge in [-0.1, -0.05) is 6.07 Å². The van der Waals surface area contributed by atoms with Crippen LogP contribution >= 0.6 is 0 Å². The molecule has 0 unspecified atom stereocenters. The Hall–Kier alpha value is -2.24. The minimum absolute atomic E-state index is 0.0712. The number of hydrogen-bond donors (Lipinski definition) is 2. The number of carboxylic acid groups (broad SMARTS) is 1. The number of nitrogens with zero attached hydrogens (tertiary/aromatic N) is 1. The van der Waals surface area contributed by atoms with Gasteiger partial charge in [-0.3, -0.25) is 4.79 Å². The van der Waals surface area contributed by atoms with Crippen molar-refractivity contribution in [1.82, 2.24) is 5.43 Å². The number of hydrazone groups is 1. The highest BCUT2D eigenvalue weighted by atomic mass is 19.1. The number of halogens is 1. The fourth-order valence-electron chi connectivity index (χ4n) is 0.877. The van der Waals surface area contributed by atoms with Gasteiger partial charge in [-0.05, 0) is 25.1 Å². The van der Waals surface area contributed by atoms with Crippen molar-refractivity contribution in [3.63, 3.8) is 0 Å². The number of amides is 1.